The molecule has 0 saturated heterocycles. The summed E-state index contributed by atoms with van der Waals surface area (Å²) in [6, 6.07) is 7.80. The molecule has 0 aliphatic rings. The lowest BCUT2D eigenvalue weighted by molar-refractivity contribution is 1.28. The number of para-hydroxylation sites is 1. The minimum absolute atomic E-state index is 0.847. The van der Waals surface area contributed by atoms with E-state index >= 15 is 0 Å². The molecule has 1 aromatic rings. The molecule has 0 fully saturated rings. The summed E-state index contributed by atoms with van der Waals surface area (Å²) in [6.07, 6.45) is 5.62. The van der Waals surface area contributed by atoms with Gasteiger partial charge in [-0.15, -0.1) is 12.3 Å². The number of aryl methyl sites for hydroxylation is 1. The van der Waals surface area contributed by atoms with E-state index in [-0.39, 0.29) is 0 Å². The first kappa shape index (κ1) is 10.6. The van der Waals surface area contributed by atoms with Crippen molar-refractivity contribution in [3.8, 4) is 12.3 Å². The molecule has 0 radical (unpaired) electrons. The van der Waals surface area contributed by atoms with Crippen LogP contribution in [0.5, 0.6) is 0 Å². The predicted molar refractivity (Wildman–Crippen MR) is 54.7 cm³/mol. The van der Waals surface area contributed by atoms with Crippen LogP contribution < -0.4 is 5.73 Å². The highest BCUT2D eigenvalue weighted by molar-refractivity contribution is 5.44. The third kappa shape index (κ3) is 4.40. The lowest BCUT2D eigenvalue weighted by Gasteiger charge is -1.93. The Morgan fingerprint density at radius 3 is 2.17 bits per heavy atom. The first-order valence-electron chi connectivity index (χ1n) is 3.97. The summed E-state index contributed by atoms with van der Waals surface area (Å²) in [6.45, 7) is 3.94. The van der Waals surface area contributed by atoms with Gasteiger partial charge in [0, 0.05) is 12.1 Å². The molecule has 2 N–H and O–H groups in total. The Labute approximate surface area is 74.6 Å². The Morgan fingerprint density at radius 2 is 1.92 bits per heavy atom. The van der Waals surface area contributed by atoms with E-state index in [0.29, 0.717) is 0 Å². The van der Waals surface area contributed by atoms with E-state index in [2.05, 4.69) is 5.92 Å². The summed E-state index contributed by atoms with van der Waals surface area (Å²) in [5.74, 6) is 2.43. The van der Waals surface area contributed by atoms with E-state index in [1.54, 1.807) is 0 Å². The van der Waals surface area contributed by atoms with Crippen LogP contribution in [-0.4, -0.2) is 0 Å². The van der Waals surface area contributed by atoms with Crippen molar-refractivity contribution in [2.75, 3.05) is 5.73 Å². The van der Waals surface area contributed by atoms with Gasteiger partial charge in [0.25, 0.3) is 0 Å². The van der Waals surface area contributed by atoms with Crippen LogP contribution in [0.2, 0.25) is 0 Å². The van der Waals surface area contributed by atoms with Crippen LogP contribution in [0.15, 0.2) is 24.3 Å². The van der Waals surface area contributed by atoms with E-state index in [9.17, 15) is 0 Å². The second-order valence-corrected chi connectivity index (χ2v) is 2.41. The normalized spacial score (nSPS) is 7.75. The molecule has 1 aromatic carbocycles. The predicted octanol–water partition coefficient (Wildman–Crippen LogP) is 2.61. The highest BCUT2D eigenvalue weighted by atomic mass is 14.5. The summed E-state index contributed by atoms with van der Waals surface area (Å²) < 4.78 is 0. The van der Waals surface area contributed by atoms with Gasteiger partial charge in [-0.3, -0.25) is 0 Å². The molecule has 0 atom stereocenters. The lowest BCUT2D eigenvalue weighted by Crippen LogP contribution is -1.85. The SMILES string of the molecule is C#CCC.Cc1ccccc1N. The van der Waals surface area contributed by atoms with Crippen LogP contribution in [0, 0.1) is 19.3 Å². The fourth-order valence-corrected chi connectivity index (χ4v) is 0.587. The molecule has 1 nitrogen and oxygen atoms in total. The first-order valence-corrected chi connectivity index (χ1v) is 3.97. The van der Waals surface area contributed by atoms with Crippen molar-refractivity contribution in [3.63, 3.8) is 0 Å². The van der Waals surface area contributed by atoms with Crippen LogP contribution in [0.1, 0.15) is 18.9 Å². The van der Waals surface area contributed by atoms with Crippen molar-refractivity contribution in [1.82, 2.24) is 0 Å². The van der Waals surface area contributed by atoms with Crippen molar-refractivity contribution in [3.05, 3.63) is 29.8 Å². The van der Waals surface area contributed by atoms with Gasteiger partial charge in [0.2, 0.25) is 0 Å². The van der Waals surface area contributed by atoms with Gasteiger partial charge in [-0.05, 0) is 18.6 Å². The maximum absolute atomic E-state index is 5.52. The smallest absolute Gasteiger partial charge is 0.0343 e. The zero-order chi connectivity index (χ0) is 9.40. The fourth-order valence-electron chi connectivity index (χ4n) is 0.587. The molecule has 1 heteroatoms. The fraction of sp³-hybridized carbons (Fsp3) is 0.273. The van der Waals surface area contributed by atoms with Crippen molar-refractivity contribution in [1.29, 1.82) is 0 Å². The highest BCUT2D eigenvalue weighted by Gasteiger charge is 1.84. The number of hydrogen-bond acceptors (Lipinski definition) is 1. The number of rotatable bonds is 0. The second-order valence-electron chi connectivity index (χ2n) is 2.41. The zero-order valence-electron chi connectivity index (χ0n) is 7.67. The third-order valence-corrected chi connectivity index (χ3v) is 1.39. The first-order chi connectivity index (χ1) is 5.72. The molecule has 0 aromatic heterocycles. The summed E-state index contributed by atoms with van der Waals surface area (Å²) >= 11 is 0. The average molecular weight is 161 g/mol. The average Bonchev–Trinajstić information content (AvgIpc) is 2.11. The van der Waals surface area contributed by atoms with E-state index in [1.807, 2.05) is 38.1 Å². The Bertz CT molecular complexity index is 237. The molecule has 0 bridgehead atoms. The zero-order valence-corrected chi connectivity index (χ0v) is 7.67. The van der Waals surface area contributed by atoms with Crippen LogP contribution in [0.25, 0.3) is 0 Å². The second kappa shape index (κ2) is 6.30. The van der Waals surface area contributed by atoms with Crippen molar-refractivity contribution in [2.45, 2.75) is 20.3 Å². The topological polar surface area (TPSA) is 26.0 Å². The highest BCUT2D eigenvalue weighted by Crippen LogP contribution is 2.06. The Balaban J connectivity index is 0.000000261. The maximum atomic E-state index is 5.52. The quantitative estimate of drug-likeness (QED) is 0.459. The molecule has 64 valence electrons. The number of anilines is 1. The van der Waals surface area contributed by atoms with Crippen molar-refractivity contribution >= 4 is 5.69 Å². The molecular formula is C11H15N. The Hall–Kier alpha value is -1.42. The maximum Gasteiger partial charge on any atom is 0.0343 e. The van der Waals surface area contributed by atoms with Gasteiger partial charge < -0.3 is 5.73 Å². The molecule has 0 aliphatic carbocycles. The molecule has 1 rings (SSSR count). The van der Waals surface area contributed by atoms with Gasteiger partial charge in [0.05, 0.1) is 0 Å². The third-order valence-electron chi connectivity index (χ3n) is 1.39. The summed E-state index contributed by atoms with van der Waals surface area (Å²) in [4.78, 5) is 0. The Kier molecular flexibility index (Phi) is 5.55. The molecule has 12 heavy (non-hydrogen) atoms. The van der Waals surface area contributed by atoms with E-state index in [4.69, 9.17) is 12.2 Å². The lowest BCUT2D eigenvalue weighted by atomic mass is 10.2. The molecular weight excluding hydrogens is 146 g/mol. The van der Waals surface area contributed by atoms with Crippen LogP contribution >= 0.6 is 0 Å². The molecule has 0 heterocycles. The van der Waals surface area contributed by atoms with Crippen molar-refractivity contribution < 1.29 is 0 Å². The summed E-state index contributed by atoms with van der Waals surface area (Å²) in [5, 5.41) is 0. The number of nitrogens with two attached hydrogens (primary N) is 1. The van der Waals surface area contributed by atoms with Crippen LogP contribution in [0.4, 0.5) is 5.69 Å². The molecule has 0 amide bonds. The number of nitrogen functional groups attached to an aromatic ring is 1. The molecule has 0 saturated carbocycles. The summed E-state index contributed by atoms with van der Waals surface area (Å²) in [5.41, 5.74) is 7.53. The van der Waals surface area contributed by atoms with E-state index < -0.39 is 0 Å². The van der Waals surface area contributed by atoms with Gasteiger partial charge in [0.15, 0.2) is 0 Å². The van der Waals surface area contributed by atoms with Gasteiger partial charge in [0.1, 0.15) is 0 Å². The molecule has 0 unspecified atom stereocenters. The number of terminal acetylenes is 1. The van der Waals surface area contributed by atoms with Gasteiger partial charge in [-0.25, -0.2) is 0 Å². The van der Waals surface area contributed by atoms with Gasteiger partial charge >= 0.3 is 0 Å². The van der Waals surface area contributed by atoms with E-state index in [0.717, 1.165) is 17.7 Å². The standard InChI is InChI=1S/C7H9N.C4H6/c1-6-4-2-3-5-7(6)8;1-3-4-2/h2-5H,8H2,1H3;1H,4H2,2H3. The van der Waals surface area contributed by atoms with Crippen LogP contribution in [0.3, 0.4) is 0 Å². The molecule has 0 aliphatic heterocycles. The monoisotopic (exact) mass is 161 g/mol. The molecule has 0 spiro atoms. The minimum atomic E-state index is 0.847. The Morgan fingerprint density at radius 1 is 1.42 bits per heavy atom. The largest absolute Gasteiger partial charge is 0.399 e. The van der Waals surface area contributed by atoms with Gasteiger partial charge in [-0.1, -0.05) is 25.1 Å². The van der Waals surface area contributed by atoms with E-state index in [1.165, 1.54) is 0 Å². The minimum Gasteiger partial charge on any atom is -0.399 e. The van der Waals surface area contributed by atoms with Gasteiger partial charge in [-0.2, -0.15) is 0 Å². The number of benzene rings is 1. The van der Waals surface area contributed by atoms with Crippen LogP contribution in [-0.2, 0) is 0 Å². The number of hydrogen-bond donors (Lipinski definition) is 1. The van der Waals surface area contributed by atoms with Crippen molar-refractivity contribution in [2.24, 2.45) is 0 Å². The summed E-state index contributed by atoms with van der Waals surface area (Å²) in [7, 11) is 0.